The fourth-order valence-electron chi connectivity index (χ4n) is 2.64. The van der Waals surface area contributed by atoms with Crippen LogP contribution in [0.15, 0.2) is 36.4 Å². The second-order valence-corrected chi connectivity index (χ2v) is 8.01. The number of hydrogen-bond donors (Lipinski definition) is 1. The van der Waals surface area contributed by atoms with Gasteiger partial charge in [-0.25, -0.2) is 0 Å². The first kappa shape index (κ1) is 22.2. The fraction of sp³-hybridized carbons (Fsp3) is 0.429. The van der Waals surface area contributed by atoms with Gasteiger partial charge in [-0.3, -0.25) is 0 Å². The number of ether oxygens (including phenoxy) is 2. The summed E-state index contributed by atoms with van der Waals surface area (Å²) < 4.78 is 11.2. The molecule has 0 unspecified atom stereocenters. The van der Waals surface area contributed by atoms with Crippen molar-refractivity contribution >= 4 is 34.8 Å². The highest BCUT2D eigenvalue weighted by atomic mass is 35.5. The third-order valence-electron chi connectivity index (χ3n) is 4.37. The minimum atomic E-state index is -0.775. The monoisotopic (exact) mass is 430 g/mol. The molecule has 0 saturated heterocycles. The van der Waals surface area contributed by atoms with Crippen LogP contribution in [0.25, 0.3) is 0 Å². The van der Waals surface area contributed by atoms with Crippen LogP contribution in [0.3, 0.4) is 0 Å². The van der Waals surface area contributed by atoms with Crippen LogP contribution >= 0.6 is 34.8 Å². The van der Waals surface area contributed by atoms with Crippen LogP contribution in [-0.2, 0) is 5.41 Å². The molecule has 0 spiro atoms. The van der Waals surface area contributed by atoms with Gasteiger partial charge in [0, 0.05) is 5.41 Å². The number of alkyl halides is 1. The molecule has 1 atom stereocenters. The smallest absolute Gasteiger partial charge is 0.156 e. The molecule has 0 aliphatic rings. The van der Waals surface area contributed by atoms with E-state index in [-0.39, 0.29) is 17.9 Å². The van der Waals surface area contributed by atoms with Crippen molar-refractivity contribution in [3.63, 3.8) is 0 Å². The van der Waals surface area contributed by atoms with Crippen molar-refractivity contribution in [1.29, 1.82) is 0 Å². The molecule has 148 valence electrons. The van der Waals surface area contributed by atoms with E-state index in [4.69, 9.17) is 44.3 Å². The van der Waals surface area contributed by atoms with Gasteiger partial charge in [0.2, 0.25) is 0 Å². The molecule has 2 aromatic carbocycles. The molecule has 2 rings (SSSR count). The van der Waals surface area contributed by atoms with Gasteiger partial charge in [0.05, 0.1) is 22.5 Å². The average molecular weight is 432 g/mol. The molecule has 3 nitrogen and oxygen atoms in total. The Labute approximate surface area is 176 Å². The zero-order chi connectivity index (χ0) is 20.0. The van der Waals surface area contributed by atoms with E-state index in [1.54, 1.807) is 0 Å². The predicted molar refractivity (Wildman–Crippen MR) is 113 cm³/mol. The molecule has 0 aliphatic carbocycles. The summed E-state index contributed by atoms with van der Waals surface area (Å²) >= 11 is 18.4. The van der Waals surface area contributed by atoms with Gasteiger partial charge in [0.1, 0.15) is 18.5 Å². The summed E-state index contributed by atoms with van der Waals surface area (Å²) in [6, 6.07) is 11.7. The van der Waals surface area contributed by atoms with Crippen LogP contribution < -0.4 is 9.47 Å². The summed E-state index contributed by atoms with van der Waals surface area (Å²) in [4.78, 5) is 0. The van der Waals surface area contributed by atoms with Crippen molar-refractivity contribution in [2.75, 3.05) is 19.1 Å². The molecule has 6 heteroatoms. The van der Waals surface area contributed by atoms with Crippen LogP contribution in [0.5, 0.6) is 11.5 Å². The SMILES string of the molecule is CCCOc1ccc(C(C)(C)c2cc(Cl)c(OC[C@@H](O)CCl)c(Cl)c2)cc1. The van der Waals surface area contributed by atoms with Crippen molar-refractivity contribution in [2.45, 2.75) is 38.7 Å². The minimum Gasteiger partial charge on any atom is -0.494 e. The van der Waals surface area contributed by atoms with Crippen molar-refractivity contribution in [1.82, 2.24) is 0 Å². The van der Waals surface area contributed by atoms with Crippen LogP contribution in [0.4, 0.5) is 0 Å². The van der Waals surface area contributed by atoms with Gasteiger partial charge in [-0.2, -0.15) is 0 Å². The van der Waals surface area contributed by atoms with E-state index in [9.17, 15) is 5.11 Å². The summed E-state index contributed by atoms with van der Waals surface area (Å²) in [5.41, 5.74) is 1.76. The molecule has 0 radical (unpaired) electrons. The van der Waals surface area contributed by atoms with Gasteiger partial charge < -0.3 is 14.6 Å². The van der Waals surface area contributed by atoms with Crippen LogP contribution in [0, 0.1) is 0 Å². The first-order chi connectivity index (χ1) is 12.8. The van der Waals surface area contributed by atoms with E-state index < -0.39 is 6.10 Å². The maximum Gasteiger partial charge on any atom is 0.156 e. The molecule has 0 bridgehead atoms. The predicted octanol–water partition coefficient (Wildman–Crippen LogP) is 6.09. The Morgan fingerprint density at radius 3 is 2.11 bits per heavy atom. The molecule has 0 aromatic heterocycles. The third kappa shape index (κ3) is 5.68. The first-order valence-corrected chi connectivity index (χ1v) is 10.2. The molecule has 0 heterocycles. The van der Waals surface area contributed by atoms with E-state index in [0.717, 1.165) is 23.3 Å². The second-order valence-electron chi connectivity index (χ2n) is 6.89. The van der Waals surface area contributed by atoms with Crippen molar-refractivity contribution in [2.24, 2.45) is 0 Å². The summed E-state index contributed by atoms with van der Waals surface area (Å²) in [7, 11) is 0. The van der Waals surface area contributed by atoms with Crippen LogP contribution in [0.1, 0.15) is 38.3 Å². The Kier molecular flexibility index (Phi) is 8.11. The van der Waals surface area contributed by atoms with Gasteiger partial charge in [-0.15, -0.1) is 11.6 Å². The molecule has 0 fully saturated rings. The average Bonchev–Trinajstić information content (AvgIpc) is 2.65. The molecular weight excluding hydrogens is 407 g/mol. The molecule has 2 aromatic rings. The quantitative estimate of drug-likeness (QED) is 0.488. The van der Waals surface area contributed by atoms with E-state index >= 15 is 0 Å². The lowest BCUT2D eigenvalue weighted by molar-refractivity contribution is 0.125. The number of rotatable bonds is 9. The number of halogens is 3. The lowest BCUT2D eigenvalue weighted by atomic mass is 9.78. The normalized spacial score (nSPS) is 12.7. The lowest BCUT2D eigenvalue weighted by Gasteiger charge is -2.27. The fourth-order valence-corrected chi connectivity index (χ4v) is 3.32. The molecule has 0 aliphatic heterocycles. The molecule has 0 saturated carbocycles. The minimum absolute atomic E-state index is 0.0326. The Balaban J connectivity index is 2.25. The van der Waals surface area contributed by atoms with Gasteiger partial charge in [0.15, 0.2) is 5.75 Å². The number of aliphatic hydroxyl groups excluding tert-OH is 1. The molecule has 27 heavy (non-hydrogen) atoms. The highest BCUT2D eigenvalue weighted by molar-refractivity contribution is 6.37. The first-order valence-electron chi connectivity index (χ1n) is 8.89. The second kappa shape index (κ2) is 9.88. The maximum atomic E-state index is 9.56. The number of hydrogen-bond acceptors (Lipinski definition) is 3. The molecule has 0 amide bonds. The number of benzene rings is 2. The van der Waals surface area contributed by atoms with Crippen LogP contribution in [0.2, 0.25) is 10.0 Å². The van der Waals surface area contributed by atoms with E-state index in [1.165, 1.54) is 0 Å². The zero-order valence-electron chi connectivity index (χ0n) is 15.8. The van der Waals surface area contributed by atoms with E-state index in [0.29, 0.717) is 22.4 Å². The maximum absolute atomic E-state index is 9.56. The summed E-state index contributed by atoms with van der Waals surface area (Å²) in [6.45, 7) is 7.02. The zero-order valence-corrected chi connectivity index (χ0v) is 18.0. The highest BCUT2D eigenvalue weighted by Crippen LogP contribution is 2.40. The molecule has 1 N–H and O–H groups in total. The van der Waals surface area contributed by atoms with Crippen molar-refractivity contribution in [3.05, 3.63) is 57.6 Å². The Hall–Kier alpha value is -1.13. The largest absolute Gasteiger partial charge is 0.494 e. The van der Waals surface area contributed by atoms with Crippen LogP contribution in [-0.4, -0.2) is 30.3 Å². The Bertz CT molecular complexity index is 722. The molecular formula is C21H25Cl3O3. The highest BCUT2D eigenvalue weighted by Gasteiger charge is 2.26. The summed E-state index contributed by atoms with van der Waals surface area (Å²) in [6.07, 6.45) is 0.198. The van der Waals surface area contributed by atoms with Gasteiger partial charge in [-0.05, 0) is 41.8 Å². The Morgan fingerprint density at radius 1 is 1.00 bits per heavy atom. The standard InChI is InChI=1S/C21H25Cl3O3/c1-4-9-26-17-7-5-14(6-8-17)21(2,3)15-10-18(23)20(19(24)11-15)27-13-16(25)12-22/h5-8,10-11,16,25H,4,9,12-13H2,1-3H3/t16-/m0/s1. The van der Waals surface area contributed by atoms with Gasteiger partial charge in [-0.1, -0.05) is 56.1 Å². The topological polar surface area (TPSA) is 38.7 Å². The van der Waals surface area contributed by atoms with Gasteiger partial charge >= 0.3 is 0 Å². The Morgan fingerprint density at radius 2 is 1.59 bits per heavy atom. The lowest BCUT2D eigenvalue weighted by Crippen LogP contribution is -2.20. The van der Waals surface area contributed by atoms with E-state index in [1.807, 2.05) is 36.4 Å². The van der Waals surface area contributed by atoms with E-state index in [2.05, 4.69) is 20.8 Å². The summed E-state index contributed by atoms with van der Waals surface area (Å²) in [5.74, 6) is 1.29. The van der Waals surface area contributed by atoms with Crippen molar-refractivity contribution in [3.8, 4) is 11.5 Å². The number of aliphatic hydroxyl groups is 1. The third-order valence-corrected chi connectivity index (χ3v) is 5.28. The summed E-state index contributed by atoms with van der Waals surface area (Å²) in [5, 5.41) is 10.4. The van der Waals surface area contributed by atoms with Gasteiger partial charge in [0.25, 0.3) is 0 Å². The van der Waals surface area contributed by atoms with Crippen molar-refractivity contribution < 1.29 is 14.6 Å².